The van der Waals surface area contributed by atoms with Gasteiger partial charge in [0.1, 0.15) is 11.2 Å². The maximum Gasteiger partial charge on any atom is 0.435 e. The summed E-state index contributed by atoms with van der Waals surface area (Å²) < 4.78 is 12.6. The molecule has 0 spiro atoms. The van der Waals surface area contributed by atoms with E-state index in [1.807, 2.05) is 41.5 Å². The van der Waals surface area contributed by atoms with E-state index in [0.29, 0.717) is 13.1 Å². The van der Waals surface area contributed by atoms with E-state index in [0.717, 1.165) is 49.3 Å². The first-order valence-electron chi connectivity index (χ1n) is 14.0. The summed E-state index contributed by atoms with van der Waals surface area (Å²) in [5.41, 5.74) is 2.82. The number of hydrogen-bond acceptors (Lipinski definition) is 6. The first-order valence-corrected chi connectivity index (χ1v) is 14.0. The van der Waals surface area contributed by atoms with Crippen LogP contribution in [-0.2, 0) is 16.0 Å². The molecule has 2 aromatic rings. The van der Waals surface area contributed by atoms with Crippen LogP contribution in [0.15, 0.2) is 30.5 Å². The lowest BCUT2D eigenvalue weighted by molar-refractivity contribution is 0.0196. The van der Waals surface area contributed by atoms with E-state index in [2.05, 4.69) is 29.2 Å². The lowest BCUT2D eigenvalue weighted by Crippen LogP contribution is -2.42. The molecule has 38 heavy (non-hydrogen) atoms. The van der Waals surface area contributed by atoms with Crippen LogP contribution in [0, 0.1) is 0 Å². The van der Waals surface area contributed by atoms with E-state index < -0.39 is 17.3 Å². The molecule has 1 aromatic heterocycles. The maximum absolute atomic E-state index is 13.0. The second kappa shape index (κ2) is 11.5. The van der Waals surface area contributed by atoms with E-state index in [1.54, 1.807) is 11.1 Å². The topological polar surface area (TPSA) is 76.9 Å². The van der Waals surface area contributed by atoms with Gasteiger partial charge in [-0.1, -0.05) is 24.6 Å². The summed E-state index contributed by atoms with van der Waals surface area (Å²) in [5, 5.41) is 4.76. The summed E-state index contributed by atoms with van der Waals surface area (Å²) in [6, 6.07) is 8.54. The molecule has 1 amide bonds. The molecule has 3 heterocycles. The van der Waals surface area contributed by atoms with Crippen molar-refractivity contribution in [2.24, 2.45) is 0 Å². The smallest absolute Gasteiger partial charge is 0.435 e. The predicted octanol–water partition coefficient (Wildman–Crippen LogP) is 6.43. The zero-order chi connectivity index (χ0) is 27.5. The van der Waals surface area contributed by atoms with Crippen LogP contribution >= 0.6 is 0 Å². The number of benzene rings is 1. The lowest BCUT2D eigenvalue weighted by Gasteiger charge is -2.34. The van der Waals surface area contributed by atoms with Crippen molar-refractivity contribution in [3.63, 3.8) is 0 Å². The van der Waals surface area contributed by atoms with Crippen molar-refractivity contribution in [2.75, 3.05) is 26.2 Å². The summed E-state index contributed by atoms with van der Waals surface area (Å²) >= 11 is 0. The largest absolute Gasteiger partial charge is 0.444 e. The summed E-state index contributed by atoms with van der Waals surface area (Å²) in [6.45, 7) is 15.5. The molecule has 2 saturated heterocycles. The molecule has 0 radical (unpaired) electrons. The fourth-order valence-electron chi connectivity index (χ4n) is 5.22. The van der Waals surface area contributed by atoms with E-state index in [1.165, 1.54) is 29.5 Å². The number of likely N-dealkylation sites (tertiary alicyclic amines) is 2. The van der Waals surface area contributed by atoms with E-state index in [-0.39, 0.29) is 12.0 Å². The van der Waals surface area contributed by atoms with Crippen LogP contribution in [0.4, 0.5) is 9.59 Å². The molecule has 4 rings (SSSR count). The number of amides is 1. The third-order valence-corrected chi connectivity index (χ3v) is 6.88. The van der Waals surface area contributed by atoms with Crippen LogP contribution in [0.3, 0.4) is 0 Å². The lowest BCUT2D eigenvalue weighted by atomic mass is 9.90. The van der Waals surface area contributed by atoms with Gasteiger partial charge in [0.05, 0.1) is 5.69 Å². The quantitative estimate of drug-likeness (QED) is 0.458. The summed E-state index contributed by atoms with van der Waals surface area (Å²) in [6.07, 6.45) is 6.52. The van der Waals surface area contributed by atoms with Gasteiger partial charge in [-0.15, -0.1) is 0 Å². The number of nitrogens with zero attached hydrogens (tertiary/aromatic N) is 4. The van der Waals surface area contributed by atoms with Gasteiger partial charge in [0.15, 0.2) is 0 Å². The van der Waals surface area contributed by atoms with Gasteiger partial charge in [-0.25, -0.2) is 9.59 Å². The molecule has 208 valence electrons. The normalized spacial score (nSPS) is 19.3. The first kappa shape index (κ1) is 28.1. The van der Waals surface area contributed by atoms with Crippen LogP contribution in [0.2, 0.25) is 0 Å². The molecule has 0 bridgehead atoms. The summed E-state index contributed by atoms with van der Waals surface area (Å²) in [4.78, 5) is 30.1. The van der Waals surface area contributed by atoms with Gasteiger partial charge in [-0.2, -0.15) is 9.78 Å². The average molecular weight is 525 g/mol. The minimum Gasteiger partial charge on any atom is -0.444 e. The van der Waals surface area contributed by atoms with Crippen molar-refractivity contribution in [3.05, 3.63) is 41.7 Å². The zero-order valence-electron chi connectivity index (χ0n) is 24.0. The first-order chi connectivity index (χ1) is 17.9. The molecule has 0 N–H and O–H groups in total. The van der Waals surface area contributed by atoms with Crippen molar-refractivity contribution in [1.29, 1.82) is 0 Å². The molecule has 0 unspecified atom stereocenters. The molecule has 1 atom stereocenters. The van der Waals surface area contributed by atoms with E-state index >= 15 is 0 Å². The van der Waals surface area contributed by atoms with Gasteiger partial charge >= 0.3 is 12.2 Å². The van der Waals surface area contributed by atoms with Crippen LogP contribution in [0.5, 0.6) is 0 Å². The number of aromatic nitrogens is 2. The molecular weight excluding hydrogens is 480 g/mol. The van der Waals surface area contributed by atoms with Gasteiger partial charge in [-0.05, 0) is 97.5 Å². The number of rotatable bonds is 4. The van der Waals surface area contributed by atoms with Crippen molar-refractivity contribution in [2.45, 2.75) is 97.3 Å². The molecule has 0 aliphatic carbocycles. The van der Waals surface area contributed by atoms with Crippen molar-refractivity contribution in [3.8, 4) is 11.1 Å². The Bertz CT molecular complexity index is 1120. The maximum atomic E-state index is 13.0. The molecule has 8 heteroatoms. The van der Waals surface area contributed by atoms with Gasteiger partial charge in [0.25, 0.3) is 0 Å². The number of carbonyl (C=O) groups excluding carboxylic acids is 2. The minimum absolute atomic E-state index is 0.0132. The highest BCUT2D eigenvalue weighted by Crippen LogP contribution is 2.35. The van der Waals surface area contributed by atoms with Crippen LogP contribution in [-0.4, -0.2) is 69.1 Å². The number of ether oxygens (including phenoxy) is 2. The highest BCUT2D eigenvalue weighted by Gasteiger charge is 2.32. The van der Waals surface area contributed by atoms with Crippen LogP contribution < -0.4 is 0 Å². The molecule has 2 aliphatic rings. The Morgan fingerprint density at radius 3 is 2.29 bits per heavy atom. The number of piperidine rings is 2. The molecule has 0 saturated carbocycles. The van der Waals surface area contributed by atoms with Crippen molar-refractivity contribution in [1.82, 2.24) is 19.6 Å². The Morgan fingerprint density at radius 1 is 0.921 bits per heavy atom. The summed E-state index contributed by atoms with van der Waals surface area (Å²) in [7, 11) is 0. The second-order valence-corrected chi connectivity index (χ2v) is 12.7. The predicted molar refractivity (Wildman–Crippen MR) is 148 cm³/mol. The Morgan fingerprint density at radius 2 is 1.61 bits per heavy atom. The van der Waals surface area contributed by atoms with Crippen LogP contribution in [0.1, 0.15) is 90.8 Å². The highest BCUT2D eigenvalue weighted by atomic mass is 16.6. The molecule has 1 aromatic carbocycles. The SMILES string of the molecule is CC(C)(C)OC(=O)N1CCC[C@H](c2nn(C(=O)OC(C)(C)C)cc2-c2cccc(CN3CCCCC3)c2)C1. The van der Waals surface area contributed by atoms with Crippen LogP contribution in [0.25, 0.3) is 11.1 Å². The third kappa shape index (κ3) is 7.59. The monoisotopic (exact) mass is 524 g/mol. The van der Waals surface area contributed by atoms with Crippen molar-refractivity contribution >= 4 is 12.2 Å². The van der Waals surface area contributed by atoms with Gasteiger partial charge in [0, 0.05) is 37.3 Å². The zero-order valence-corrected chi connectivity index (χ0v) is 24.0. The van der Waals surface area contributed by atoms with Crippen molar-refractivity contribution < 1.29 is 19.1 Å². The van der Waals surface area contributed by atoms with E-state index in [9.17, 15) is 9.59 Å². The standard InChI is InChI=1S/C30H44N4O4/c1-29(2,3)37-27(35)33-17-11-14-24(20-33)26-25(21-34(31-26)28(36)38-30(4,5)6)23-13-10-12-22(18-23)19-32-15-8-7-9-16-32/h10,12-13,18,21,24H,7-9,11,14-17,19-20H2,1-6H3/t24-/m0/s1. The van der Waals surface area contributed by atoms with Gasteiger partial charge in [-0.3, -0.25) is 4.90 Å². The minimum atomic E-state index is -0.629. The Hall–Kier alpha value is -2.87. The van der Waals surface area contributed by atoms with Gasteiger partial charge in [0.2, 0.25) is 0 Å². The fraction of sp³-hybridized carbons (Fsp3) is 0.633. The third-order valence-electron chi connectivity index (χ3n) is 6.88. The molecule has 2 fully saturated rings. The Kier molecular flexibility index (Phi) is 8.50. The van der Waals surface area contributed by atoms with Gasteiger partial charge < -0.3 is 14.4 Å². The number of carbonyl (C=O) groups is 2. The Labute approximate surface area is 227 Å². The van der Waals surface area contributed by atoms with E-state index in [4.69, 9.17) is 14.6 Å². The second-order valence-electron chi connectivity index (χ2n) is 12.7. The average Bonchev–Trinajstić information content (AvgIpc) is 3.29. The molecule has 8 nitrogen and oxygen atoms in total. The summed E-state index contributed by atoms with van der Waals surface area (Å²) in [5.74, 6) is -0.0132. The highest BCUT2D eigenvalue weighted by molar-refractivity contribution is 5.75. The Balaban J connectivity index is 1.64. The molecular formula is C30H44N4O4. The number of hydrogen-bond donors (Lipinski definition) is 0. The fourth-order valence-corrected chi connectivity index (χ4v) is 5.22. The molecule has 2 aliphatic heterocycles.